The minimum absolute atomic E-state index is 0.348. The Balaban J connectivity index is 1.68. The summed E-state index contributed by atoms with van der Waals surface area (Å²) >= 11 is 5.70. The predicted molar refractivity (Wildman–Crippen MR) is 85.9 cm³/mol. The van der Waals surface area contributed by atoms with E-state index in [1.165, 1.54) is 0 Å². The van der Waals surface area contributed by atoms with E-state index in [1.54, 1.807) is 12.4 Å². The molecule has 1 aromatic heterocycles. The first kappa shape index (κ1) is 14.6. The number of allylic oxidation sites excluding steroid dienone is 1. The second-order valence-corrected chi connectivity index (χ2v) is 5.72. The van der Waals surface area contributed by atoms with Gasteiger partial charge in [-0.05, 0) is 24.6 Å². The van der Waals surface area contributed by atoms with E-state index in [1.807, 2.05) is 19.1 Å². The van der Waals surface area contributed by atoms with Crippen LogP contribution < -0.4 is 0 Å². The van der Waals surface area contributed by atoms with Crippen molar-refractivity contribution in [1.29, 1.82) is 0 Å². The van der Waals surface area contributed by atoms with Gasteiger partial charge in [0.25, 0.3) is 0 Å². The van der Waals surface area contributed by atoms with Gasteiger partial charge in [0.15, 0.2) is 5.79 Å². The first-order valence-corrected chi connectivity index (χ1v) is 7.79. The van der Waals surface area contributed by atoms with Gasteiger partial charge < -0.3 is 14.4 Å². The Labute approximate surface area is 130 Å². The van der Waals surface area contributed by atoms with Crippen molar-refractivity contribution in [1.82, 2.24) is 9.88 Å². The SMILES string of the molecule is CC=C(C(=S)N1CCC2(CC1)OCCO2)c1ccncc1. The lowest BCUT2D eigenvalue weighted by molar-refractivity contribution is -0.180. The highest BCUT2D eigenvalue weighted by Gasteiger charge is 2.40. The molecule has 0 unspecified atom stereocenters. The summed E-state index contributed by atoms with van der Waals surface area (Å²) in [5.41, 5.74) is 2.21. The molecule has 21 heavy (non-hydrogen) atoms. The van der Waals surface area contributed by atoms with Crippen molar-refractivity contribution in [3.05, 3.63) is 36.2 Å². The quantitative estimate of drug-likeness (QED) is 0.620. The molecule has 0 bridgehead atoms. The van der Waals surface area contributed by atoms with Gasteiger partial charge in [-0.25, -0.2) is 0 Å². The number of hydrogen-bond donors (Lipinski definition) is 0. The third kappa shape index (κ3) is 3.00. The van der Waals surface area contributed by atoms with Crippen LogP contribution in [0.25, 0.3) is 5.57 Å². The van der Waals surface area contributed by atoms with Crippen molar-refractivity contribution in [2.45, 2.75) is 25.6 Å². The fraction of sp³-hybridized carbons (Fsp3) is 0.500. The van der Waals surface area contributed by atoms with Crippen molar-refractivity contribution >= 4 is 22.8 Å². The minimum Gasteiger partial charge on any atom is -0.362 e. The molecule has 5 heteroatoms. The number of nitrogens with zero attached hydrogens (tertiary/aromatic N) is 2. The number of thiocarbonyl (C=S) groups is 1. The van der Waals surface area contributed by atoms with Crippen LogP contribution in [0.5, 0.6) is 0 Å². The van der Waals surface area contributed by atoms with E-state index in [0.717, 1.165) is 42.1 Å². The van der Waals surface area contributed by atoms with Crippen molar-refractivity contribution in [2.24, 2.45) is 0 Å². The zero-order chi connectivity index (χ0) is 14.7. The van der Waals surface area contributed by atoms with Crippen LogP contribution in [0.4, 0.5) is 0 Å². The first-order valence-electron chi connectivity index (χ1n) is 7.38. The number of ether oxygens (including phenoxy) is 2. The highest BCUT2D eigenvalue weighted by molar-refractivity contribution is 7.81. The average molecular weight is 304 g/mol. The molecule has 2 aliphatic rings. The van der Waals surface area contributed by atoms with Crippen molar-refractivity contribution in [2.75, 3.05) is 26.3 Å². The largest absolute Gasteiger partial charge is 0.362 e. The van der Waals surface area contributed by atoms with Gasteiger partial charge >= 0.3 is 0 Å². The second kappa shape index (κ2) is 6.22. The second-order valence-electron chi connectivity index (χ2n) is 5.34. The normalized spacial score (nSPS) is 21.8. The zero-order valence-electron chi connectivity index (χ0n) is 12.2. The molecule has 2 aliphatic heterocycles. The smallest absolute Gasteiger partial charge is 0.171 e. The Morgan fingerprint density at radius 1 is 1.24 bits per heavy atom. The molecular weight excluding hydrogens is 284 g/mol. The summed E-state index contributed by atoms with van der Waals surface area (Å²) in [4.78, 5) is 7.22. The maximum absolute atomic E-state index is 5.77. The fourth-order valence-corrected chi connectivity index (χ4v) is 3.37. The van der Waals surface area contributed by atoms with Crippen LogP contribution in [0.1, 0.15) is 25.3 Å². The lowest BCUT2D eigenvalue weighted by Gasteiger charge is -2.39. The molecule has 2 fully saturated rings. The summed E-state index contributed by atoms with van der Waals surface area (Å²) in [6.45, 7) is 5.20. The molecule has 3 heterocycles. The van der Waals surface area contributed by atoms with Crippen molar-refractivity contribution in [3.8, 4) is 0 Å². The molecule has 1 spiro atoms. The Kier molecular flexibility index (Phi) is 4.33. The third-order valence-corrected chi connectivity index (χ3v) is 4.61. The molecule has 2 saturated heterocycles. The highest BCUT2D eigenvalue weighted by Crippen LogP contribution is 2.32. The van der Waals surface area contributed by atoms with E-state index in [9.17, 15) is 0 Å². The van der Waals surface area contributed by atoms with Gasteiger partial charge in [0, 0.05) is 43.9 Å². The van der Waals surface area contributed by atoms with Crippen LogP contribution in [0.3, 0.4) is 0 Å². The summed E-state index contributed by atoms with van der Waals surface area (Å²) in [6, 6.07) is 3.99. The Morgan fingerprint density at radius 2 is 1.86 bits per heavy atom. The molecule has 0 saturated carbocycles. The van der Waals surface area contributed by atoms with Gasteiger partial charge in [0.05, 0.1) is 13.2 Å². The molecule has 1 aromatic rings. The maximum Gasteiger partial charge on any atom is 0.171 e. The van der Waals surface area contributed by atoms with Crippen LogP contribution in [-0.4, -0.2) is 47.0 Å². The van der Waals surface area contributed by atoms with Crippen LogP contribution in [0.15, 0.2) is 30.6 Å². The van der Waals surface area contributed by atoms with Crippen molar-refractivity contribution < 1.29 is 9.47 Å². The molecule has 3 rings (SSSR count). The molecule has 0 N–H and O–H groups in total. The number of aromatic nitrogens is 1. The maximum atomic E-state index is 5.77. The topological polar surface area (TPSA) is 34.6 Å². The van der Waals surface area contributed by atoms with Crippen LogP contribution >= 0.6 is 12.2 Å². The first-order chi connectivity index (χ1) is 10.2. The molecule has 4 nitrogen and oxygen atoms in total. The average Bonchev–Trinajstić information content (AvgIpc) is 2.98. The molecule has 0 radical (unpaired) electrons. The zero-order valence-corrected chi connectivity index (χ0v) is 13.1. The Bertz CT molecular complexity index is 528. The van der Waals surface area contributed by atoms with Gasteiger partial charge in [-0.3, -0.25) is 4.98 Å². The molecular formula is C16H20N2O2S. The van der Waals surface area contributed by atoms with E-state index in [2.05, 4.69) is 16.0 Å². The van der Waals surface area contributed by atoms with Gasteiger partial charge in [0.2, 0.25) is 0 Å². The van der Waals surface area contributed by atoms with E-state index >= 15 is 0 Å². The van der Waals surface area contributed by atoms with Crippen molar-refractivity contribution in [3.63, 3.8) is 0 Å². The summed E-state index contributed by atoms with van der Waals surface area (Å²) < 4.78 is 11.5. The number of hydrogen-bond acceptors (Lipinski definition) is 4. The fourth-order valence-electron chi connectivity index (χ4n) is 2.95. The lowest BCUT2D eigenvalue weighted by Crippen LogP contribution is -2.47. The van der Waals surface area contributed by atoms with Gasteiger partial charge in [0.1, 0.15) is 4.99 Å². The summed E-state index contributed by atoms with van der Waals surface area (Å²) in [7, 11) is 0. The van der Waals surface area contributed by atoms with Crippen LogP contribution in [-0.2, 0) is 9.47 Å². The number of pyridine rings is 1. The van der Waals surface area contributed by atoms with Crippen LogP contribution in [0, 0.1) is 0 Å². The summed E-state index contributed by atoms with van der Waals surface area (Å²) in [5, 5.41) is 0. The van der Waals surface area contributed by atoms with E-state index in [4.69, 9.17) is 21.7 Å². The van der Waals surface area contributed by atoms with E-state index < -0.39 is 0 Å². The molecule has 112 valence electrons. The molecule has 0 amide bonds. The Morgan fingerprint density at radius 3 is 2.43 bits per heavy atom. The van der Waals surface area contributed by atoms with Gasteiger partial charge in [-0.1, -0.05) is 18.3 Å². The minimum atomic E-state index is -0.348. The van der Waals surface area contributed by atoms with Gasteiger partial charge in [-0.15, -0.1) is 0 Å². The predicted octanol–water partition coefficient (Wildman–Crippen LogP) is 2.65. The van der Waals surface area contributed by atoms with Crippen LogP contribution in [0.2, 0.25) is 0 Å². The number of likely N-dealkylation sites (tertiary alicyclic amines) is 1. The summed E-state index contributed by atoms with van der Waals surface area (Å²) in [5.74, 6) is -0.348. The van der Waals surface area contributed by atoms with E-state index in [-0.39, 0.29) is 5.79 Å². The molecule has 0 aliphatic carbocycles. The van der Waals surface area contributed by atoms with Gasteiger partial charge in [-0.2, -0.15) is 0 Å². The Hall–Kier alpha value is -1.30. The number of rotatable bonds is 2. The third-order valence-electron chi connectivity index (χ3n) is 4.14. The lowest BCUT2D eigenvalue weighted by atomic mass is 10.0. The summed E-state index contributed by atoms with van der Waals surface area (Å²) in [6.07, 6.45) is 7.42. The monoisotopic (exact) mass is 304 g/mol. The highest BCUT2D eigenvalue weighted by atomic mass is 32.1. The molecule has 0 aromatic carbocycles. The van der Waals surface area contributed by atoms with E-state index in [0.29, 0.717) is 13.2 Å². The number of piperidine rings is 1. The molecule has 0 atom stereocenters. The standard InChI is InChI=1S/C16H20N2O2S/c1-2-14(13-3-7-17-8-4-13)15(21)18-9-5-16(6-10-18)19-11-12-20-16/h2-4,7-8H,5-6,9-12H2,1H3.